The lowest BCUT2D eigenvalue weighted by Gasteiger charge is -2.25. The Morgan fingerprint density at radius 3 is 2.06 bits per heavy atom. The second-order valence-corrected chi connectivity index (χ2v) is 9.55. The molecule has 0 amide bonds. The number of ether oxygens (including phenoxy) is 4. The Morgan fingerprint density at radius 2 is 1.56 bits per heavy atom. The summed E-state index contributed by atoms with van der Waals surface area (Å²) in [6, 6.07) is 14.5. The lowest BCUT2D eigenvalue weighted by Crippen LogP contribution is -2.19. The van der Waals surface area contributed by atoms with Crippen LogP contribution in [0.15, 0.2) is 64.6 Å². The van der Waals surface area contributed by atoms with Crippen molar-refractivity contribution < 1.29 is 32.5 Å². The maximum absolute atomic E-state index is 11.7. The molecule has 0 radical (unpaired) electrons. The number of benzene rings is 3. The summed E-state index contributed by atoms with van der Waals surface area (Å²) in [4.78, 5) is -0.00761. The van der Waals surface area contributed by atoms with Crippen LogP contribution in [-0.2, 0) is 10.0 Å². The number of hydrazone groups is 1. The number of nitrogens with two attached hydrogens (primary N) is 1. The normalized spacial score (nSPS) is 15.4. The molecule has 1 aliphatic heterocycles. The second kappa shape index (κ2) is 9.96. The number of primary sulfonamides is 1. The molecule has 190 valence electrons. The van der Waals surface area contributed by atoms with Crippen molar-refractivity contribution >= 4 is 21.4 Å². The van der Waals surface area contributed by atoms with Crippen LogP contribution in [0.25, 0.3) is 0 Å². The molecule has 3 aromatic rings. The molecule has 0 fully saturated rings. The van der Waals surface area contributed by atoms with Crippen LogP contribution in [0, 0.1) is 0 Å². The number of nitrogens with zero attached hydrogens (tertiary/aromatic N) is 2. The molecule has 1 atom stereocenters. The summed E-state index contributed by atoms with van der Waals surface area (Å²) < 4.78 is 45.2. The van der Waals surface area contributed by atoms with E-state index in [9.17, 15) is 13.5 Å². The van der Waals surface area contributed by atoms with Crippen LogP contribution in [0.5, 0.6) is 28.7 Å². The number of hydrogen-bond acceptors (Lipinski definition) is 9. The molecule has 0 saturated carbocycles. The average molecular weight is 514 g/mol. The van der Waals surface area contributed by atoms with Crippen LogP contribution in [0.1, 0.15) is 23.6 Å². The first-order chi connectivity index (χ1) is 17.2. The fourth-order valence-electron chi connectivity index (χ4n) is 4.14. The standard InChI is InChI=1S/C25H27N3O7S/c1-32-17-7-10-19(22(29)13-17)20-14-21(15-11-23(33-2)25(35-4)24(12-15)34-3)28(27-20)16-5-8-18(9-6-16)36(26,30)31/h5-13,21,29H,14H2,1-4H3,(H2,26,30,31). The number of anilines is 1. The molecule has 1 aliphatic rings. The Bertz CT molecular complexity index is 1380. The van der Waals surface area contributed by atoms with Crippen molar-refractivity contribution in [2.45, 2.75) is 17.4 Å². The molecule has 0 bridgehead atoms. The smallest absolute Gasteiger partial charge is 0.238 e. The van der Waals surface area contributed by atoms with Gasteiger partial charge in [0.15, 0.2) is 11.5 Å². The summed E-state index contributed by atoms with van der Waals surface area (Å²) >= 11 is 0. The second-order valence-electron chi connectivity index (χ2n) is 7.99. The lowest BCUT2D eigenvalue weighted by atomic mass is 9.97. The highest BCUT2D eigenvalue weighted by atomic mass is 32.2. The van der Waals surface area contributed by atoms with Gasteiger partial charge < -0.3 is 24.1 Å². The molecule has 1 heterocycles. The van der Waals surface area contributed by atoms with Crippen LogP contribution in [0.4, 0.5) is 5.69 Å². The maximum atomic E-state index is 11.7. The van der Waals surface area contributed by atoms with Gasteiger partial charge in [0.05, 0.1) is 50.8 Å². The minimum atomic E-state index is -3.85. The van der Waals surface area contributed by atoms with Gasteiger partial charge in [-0.25, -0.2) is 13.6 Å². The number of phenols is 1. The molecule has 11 heteroatoms. The summed E-state index contributed by atoms with van der Waals surface area (Å²) in [7, 11) is 2.28. The quantitative estimate of drug-likeness (QED) is 0.468. The molecule has 0 aromatic heterocycles. The van der Waals surface area contributed by atoms with E-state index in [-0.39, 0.29) is 16.7 Å². The Labute approximate surface area is 209 Å². The van der Waals surface area contributed by atoms with E-state index in [1.165, 1.54) is 46.6 Å². The zero-order valence-electron chi connectivity index (χ0n) is 20.3. The van der Waals surface area contributed by atoms with Crippen molar-refractivity contribution in [1.29, 1.82) is 0 Å². The molecular formula is C25H27N3O7S. The van der Waals surface area contributed by atoms with Gasteiger partial charge in [-0.3, -0.25) is 5.01 Å². The largest absolute Gasteiger partial charge is 0.507 e. The Kier molecular flexibility index (Phi) is 6.95. The van der Waals surface area contributed by atoms with Crippen molar-refractivity contribution in [1.82, 2.24) is 0 Å². The van der Waals surface area contributed by atoms with E-state index in [1.54, 1.807) is 29.3 Å². The lowest BCUT2D eigenvalue weighted by molar-refractivity contribution is 0.323. The van der Waals surface area contributed by atoms with Gasteiger partial charge in [0, 0.05) is 18.1 Å². The third-order valence-corrected chi connectivity index (χ3v) is 6.86. The highest BCUT2D eigenvalue weighted by Gasteiger charge is 2.33. The monoisotopic (exact) mass is 513 g/mol. The van der Waals surface area contributed by atoms with Crippen molar-refractivity contribution in [3.63, 3.8) is 0 Å². The van der Waals surface area contributed by atoms with Crippen molar-refractivity contribution in [3.8, 4) is 28.7 Å². The Hall–Kier alpha value is -3.96. The van der Waals surface area contributed by atoms with E-state index < -0.39 is 10.0 Å². The Morgan fingerprint density at radius 1 is 0.917 bits per heavy atom. The summed E-state index contributed by atoms with van der Waals surface area (Å²) in [6.45, 7) is 0. The van der Waals surface area contributed by atoms with E-state index in [1.807, 2.05) is 12.1 Å². The molecule has 1 unspecified atom stereocenters. The number of aromatic hydroxyl groups is 1. The molecule has 3 aromatic carbocycles. The van der Waals surface area contributed by atoms with E-state index >= 15 is 0 Å². The fourth-order valence-corrected chi connectivity index (χ4v) is 4.65. The summed E-state index contributed by atoms with van der Waals surface area (Å²) in [6.07, 6.45) is 0.426. The van der Waals surface area contributed by atoms with Crippen molar-refractivity contribution in [3.05, 3.63) is 65.7 Å². The number of phenolic OH excluding ortho intramolecular Hbond substituents is 1. The van der Waals surface area contributed by atoms with E-state index in [4.69, 9.17) is 29.2 Å². The molecule has 0 aliphatic carbocycles. The number of hydrogen-bond donors (Lipinski definition) is 2. The van der Waals surface area contributed by atoms with Gasteiger partial charge in [-0.1, -0.05) is 0 Å². The van der Waals surface area contributed by atoms with E-state index in [0.717, 1.165) is 5.56 Å². The fraction of sp³-hybridized carbons (Fsp3) is 0.240. The third-order valence-electron chi connectivity index (χ3n) is 5.93. The van der Waals surface area contributed by atoms with Crippen LogP contribution < -0.4 is 29.1 Å². The third kappa shape index (κ3) is 4.75. The molecule has 3 N–H and O–H groups in total. The van der Waals surface area contributed by atoms with Gasteiger partial charge in [0.25, 0.3) is 0 Å². The minimum absolute atomic E-state index is 0.00761. The van der Waals surface area contributed by atoms with Crippen LogP contribution in [0.2, 0.25) is 0 Å². The zero-order valence-corrected chi connectivity index (χ0v) is 21.1. The Balaban J connectivity index is 1.83. The van der Waals surface area contributed by atoms with Gasteiger partial charge in [-0.05, 0) is 54.1 Å². The summed E-state index contributed by atoms with van der Waals surface area (Å²) in [5.41, 5.74) is 2.62. The zero-order chi connectivity index (χ0) is 26.0. The van der Waals surface area contributed by atoms with E-state index in [2.05, 4.69) is 0 Å². The first-order valence-corrected chi connectivity index (χ1v) is 12.4. The molecule has 0 saturated heterocycles. The van der Waals surface area contributed by atoms with Gasteiger partial charge >= 0.3 is 0 Å². The van der Waals surface area contributed by atoms with Crippen LogP contribution in [-0.4, -0.2) is 47.7 Å². The van der Waals surface area contributed by atoms with Crippen molar-refractivity contribution in [2.75, 3.05) is 33.4 Å². The van der Waals surface area contributed by atoms with Crippen LogP contribution >= 0.6 is 0 Å². The van der Waals surface area contributed by atoms with Gasteiger partial charge in [0.2, 0.25) is 15.8 Å². The van der Waals surface area contributed by atoms with Gasteiger partial charge in [-0.15, -0.1) is 0 Å². The number of methoxy groups -OCH3 is 4. The van der Waals surface area contributed by atoms with Crippen molar-refractivity contribution in [2.24, 2.45) is 10.2 Å². The molecule has 4 rings (SSSR count). The molecular weight excluding hydrogens is 486 g/mol. The molecule has 0 spiro atoms. The maximum Gasteiger partial charge on any atom is 0.238 e. The predicted molar refractivity (Wildman–Crippen MR) is 135 cm³/mol. The summed E-state index contributed by atoms with van der Waals surface area (Å²) in [5, 5.41) is 22.5. The van der Waals surface area contributed by atoms with Gasteiger partial charge in [-0.2, -0.15) is 5.10 Å². The first-order valence-electron chi connectivity index (χ1n) is 10.9. The topological polar surface area (TPSA) is 133 Å². The van der Waals surface area contributed by atoms with E-state index in [0.29, 0.717) is 46.4 Å². The van der Waals surface area contributed by atoms with Crippen LogP contribution in [0.3, 0.4) is 0 Å². The first kappa shape index (κ1) is 25.1. The SMILES string of the molecule is COc1ccc(C2=NN(c3ccc(S(N)(=O)=O)cc3)C(c3cc(OC)c(OC)c(OC)c3)C2)c(O)c1. The number of rotatable bonds is 8. The highest BCUT2D eigenvalue weighted by molar-refractivity contribution is 7.89. The number of sulfonamides is 1. The summed E-state index contributed by atoms with van der Waals surface area (Å²) in [5.74, 6) is 1.98. The van der Waals surface area contributed by atoms with Gasteiger partial charge in [0.1, 0.15) is 11.5 Å². The average Bonchev–Trinajstić information content (AvgIpc) is 3.32. The highest BCUT2D eigenvalue weighted by Crippen LogP contribution is 2.45. The predicted octanol–water partition coefficient (Wildman–Crippen LogP) is 3.43. The molecule has 10 nitrogen and oxygen atoms in total. The minimum Gasteiger partial charge on any atom is -0.507 e. The molecule has 36 heavy (non-hydrogen) atoms.